The lowest BCUT2D eigenvalue weighted by Gasteiger charge is -2.34. The predicted molar refractivity (Wildman–Crippen MR) is 96.1 cm³/mol. The van der Waals surface area contributed by atoms with Gasteiger partial charge in [0.15, 0.2) is 0 Å². The minimum absolute atomic E-state index is 0.0129. The number of nitrogens with zero attached hydrogens (tertiary/aromatic N) is 3. The van der Waals surface area contributed by atoms with E-state index in [0.29, 0.717) is 38.3 Å². The van der Waals surface area contributed by atoms with Crippen molar-refractivity contribution >= 4 is 15.7 Å². The van der Waals surface area contributed by atoms with Crippen LogP contribution < -0.4 is 0 Å². The number of amides is 1. The van der Waals surface area contributed by atoms with Crippen LogP contribution in [0, 0.1) is 0 Å². The van der Waals surface area contributed by atoms with E-state index in [2.05, 4.69) is 15.1 Å². The summed E-state index contributed by atoms with van der Waals surface area (Å²) in [5.41, 5.74) is 2.56. The molecule has 2 aromatic rings. The molecule has 8 heteroatoms. The molecular formula is C17H22N4O3S. The van der Waals surface area contributed by atoms with Gasteiger partial charge in [-0.1, -0.05) is 12.1 Å². The third-order valence-corrected chi connectivity index (χ3v) is 5.31. The summed E-state index contributed by atoms with van der Waals surface area (Å²) in [6, 6.07) is 9.35. The topological polar surface area (TPSA) is 86.4 Å². The number of hydrogen-bond donors (Lipinski definition) is 1. The molecule has 0 unspecified atom stereocenters. The number of piperazine rings is 1. The Bertz CT molecular complexity index is 808. The molecule has 1 amide bonds. The normalized spacial score (nSPS) is 16.1. The third kappa shape index (κ3) is 4.67. The molecule has 0 saturated carbocycles. The van der Waals surface area contributed by atoms with Crippen LogP contribution in [0.1, 0.15) is 10.4 Å². The molecule has 0 aliphatic carbocycles. The van der Waals surface area contributed by atoms with Gasteiger partial charge in [0.25, 0.3) is 5.91 Å². The molecule has 7 nitrogen and oxygen atoms in total. The zero-order valence-electron chi connectivity index (χ0n) is 14.2. The van der Waals surface area contributed by atoms with Gasteiger partial charge in [-0.05, 0) is 23.8 Å². The van der Waals surface area contributed by atoms with Gasteiger partial charge in [-0.2, -0.15) is 5.10 Å². The second-order valence-corrected chi connectivity index (χ2v) is 8.57. The first-order valence-corrected chi connectivity index (χ1v) is 10.3. The molecule has 0 radical (unpaired) electrons. The molecule has 0 spiro atoms. The number of aromatic nitrogens is 2. The summed E-state index contributed by atoms with van der Waals surface area (Å²) in [5.74, 6) is 0.176. The predicted octanol–water partition coefficient (Wildman–Crippen LogP) is 0.879. The van der Waals surface area contributed by atoms with Crippen LogP contribution in [0.15, 0.2) is 36.5 Å². The van der Waals surface area contributed by atoms with Crippen LogP contribution in [0.3, 0.4) is 0 Å². The minimum atomic E-state index is -2.95. The Labute approximate surface area is 147 Å². The standard InChI is InChI=1S/C17H22N4O3S/c1-25(23,24)13-12-20-8-10-21(11-9-20)17(22)15-4-2-14(3-5-15)16-6-7-18-19-16/h2-7H,8-13H2,1H3,(H,18,19). The first-order valence-electron chi connectivity index (χ1n) is 8.21. The van der Waals surface area contributed by atoms with Crippen molar-refractivity contribution in [3.05, 3.63) is 42.1 Å². The summed E-state index contributed by atoms with van der Waals surface area (Å²) in [7, 11) is -2.95. The average molecular weight is 362 g/mol. The summed E-state index contributed by atoms with van der Waals surface area (Å²) >= 11 is 0. The van der Waals surface area contributed by atoms with Gasteiger partial charge in [0.2, 0.25) is 0 Å². The lowest BCUT2D eigenvalue weighted by Crippen LogP contribution is -2.49. The largest absolute Gasteiger partial charge is 0.336 e. The molecular weight excluding hydrogens is 340 g/mol. The number of sulfone groups is 1. The monoisotopic (exact) mass is 362 g/mol. The Balaban J connectivity index is 1.56. The smallest absolute Gasteiger partial charge is 0.253 e. The van der Waals surface area contributed by atoms with Crippen molar-refractivity contribution in [1.82, 2.24) is 20.0 Å². The van der Waals surface area contributed by atoms with Gasteiger partial charge in [0.05, 0.1) is 11.4 Å². The van der Waals surface area contributed by atoms with Crippen molar-refractivity contribution in [2.75, 3.05) is 44.7 Å². The molecule has 1 N–H and O–H groups in total. The van der Waals surface area contributed by atoms with E-state index < -0.39 is 9.84 Å². The molecule has 1 fully saturated rings. The Morgan fingerprint density at radius 1 is 1.12 bits per heavy atom. The summed E-state index contributed by atoms with van der Waals surface area (Å²) in [6.45, 7) is 3.16. The maximum absolute atomic E-state index is 12.6. The Morgan fingerprint density at radius 3 is 2.36 bits per heavy atom. The van der Waals surface area contributed by atoms with Gasteiger partial charge in [0.1, 0.15) is 9.84 Å². The summed E-state index contributed by atoms with van der Waals surface area (Å²) < 4.78 is 22.5. The fourth-order valence-electron chi connectivity index (χ4n) is 2.86. The summed E-state index contributed by atoms with van der Waals surface area (Å²) in [5, 5.41) is 6.82. The highest BCUT2D eigenvalue weighted by atomic mass is 32.2. The number of aromatic amines is 1. The molecule has 1 aromatic carbocycles. The molecule has 134 valence electrons. The molecule has 25 heavy (non-hydrogen) atoms. The van der Waals surface area contributed by atoms with E-state index in [1.165, 1.54) is 6.26 Å². The quantitative estimate of drug-likeness (QED) is 0.853. The van der Waals surface area contributed by atoms with Crippen molar-refractivity contribution in [3.8, 4) is 11.3 Å². The van der Waals surface area contributed by atoms with Gasteiger partial charge in [-0.15, -0.1) is 0 Å². The number of rotatable bonds is 5. The highest BCUT2D eigenvalue weighted by molar-refractivity contribution is 7.90. The van der Waals surface area contributed by atoms with Crippen molar-refractivity contribution in [3.63, 3.8) is 0 Å². The molecule has 0 atom stereocenters. The maximum Gasteiger partial charge on any atom is 0.253 e. The van der Waals surface area contributed by atoms with Crippen LogP contribution in [0.25, 0.3) is 11.3 Å². The molecule has 1 aliphatic heterocycles. The Kier molecular flexibility index (Phi) is 5.19. The SMILES string of the molecule is CS(=O)(=O)CCN1CCN(C(=O)c2ccc(-c3ccn[nH]3)cc2)CC1. The lowest BCUT2D eigenvalue weighted by molar-refractivity contribution is 0.0644. The van der Waals surface area contributed by atoms with Crippen LogP contribution in [-0.2, 0) is 9.84 Å². The van der Waals surface area contributed by atoms with Crippen LogP contribution in [0.4, 0.5) is 0 Å². The van der Waals surface area contributed by atoms with Crippen LogP contribution in [0.2, 0.25) is 0 Å². The molecule has 1 saturated heterocycles. The fraction of sp³-hybridized carbons (Fsp3) is 0.412. The van der Waals surface area contributed by atoms with Gasteiger partial charge >= 0.3 is 0 Å². The lowest BCUT2D eigenvalue weighted by atomic mass is 10.1. The average Bonchev–Trinajstić information content (AvgIpc) is 3.14. The van der Waals surface area contributed by atoms with Crippen molar-refractivity contribution < 1.29 is 13.2 Å². The minimum Gasteiger partial charge on any atom is -0.336 e. The Morgan fingerprint density at radius 2 is 1.80 bits per heavy atom. The zero-order valence-corrected chi connectivity index (χ0v) is 15.0. The Hall–Kier alpha value is -2.19. The first-order chi connectivity index (χ1) is 11.9. The fourth-order valence-corrected chi connectivity index (χ4v) is 3.45. The highest BCUT2D eigenvalue weighted by Gasteiger charge is 2.22. The third-order valence-electron chi connectivity index (χ3n) is 4.38. The molecule has 0 bridgehead atoms. The van der Waals surface area contributed by atoms with Crippen LogP contribution >= 0.6 is 0 Å². The van der Waals surface area contributed by atoms with Crippen LogP contribution in [-0.4, -0.2) is 79.1 Å². The number of benzene rings is 1. The van der Waals surface area contributed by atoms with Gasteiger partial charge in [-0.25, -0.2) is 8.42 Å². The number of carbonyl (C=O) groups excluding carboxylic acids is 1. The number of hydrogen-bond acceptors (Lipinski definition) is 5. The number of H-pyrrole nitrogens is 1. The second kappa shape index (κ2) is 7.37. The van der Waals surface area contributed by atoms with E-state index in [4.69, 9.17) is 0 Å². The van der Waals surface area contributed by atoms with Crippen molar-refractivity contribution in [2.24, 2.45) is 0 Å². The van der Waals surface area contributed by atoms with E-state index >= 15 is 0 Å². The molecule has 1 aliphatic rings. The van der Waals surface area contributed by atoms with E-state index in [1.807, 2.05) is 35.2 Å². The number of carbonyl (C=O) groups is 1. The maximum atomic E-state index is 12.6. The number of nitrogens with one attached hydrogen (secondary N) is 1. The molecule has 1 aromatic heterocycles. The van der Waals surface area contributed by atoms with Crippen LogP contribution in [0.5, 0.6) is 0 Å². The van der Waals surface area contributed by atoms with Gasteiger partial charge < -0.3 is 4.90 Å². The zero-order chi connectivity index (χ0) is 17.9. The van der Waals surface area contributed by atoms with E-state index in [-0.39, 0.29) is 11.7 Å². The van der Waals surface area contributed by atoms with E-state index in [9.17, 15) is 13.2 Å². The van der Waals surface area contributed by atoms with Crippen molar-refractivity contribution in [2.45, 2.75) is 0 Å². The summed E-state index contributed by atoms with van der Waals surface area (Å²) in [6.07, 6.45) is 2.94. The van der Waals surface area contributed by atoms with E-state index in [0.717, 1.165) is 11.3 Å². The molecule has 3 rings (SSSR count). The highest BCUT2D eigenvalue weighted by Crippen LogP contribution is 2.18. The molecule has 2 heterocycles. The summed E-state index contributed by atoms with van der Waals surface area (Å²) in [4.78, 5) is 16.5. The van der Waals surface area contributed by atoms with Gasteiger partial charge in [0, 0.05) is 50.7 Å². The second-order valence-electron chi connectivity index (χ2n) is 6.31. The van der Waals surface area contributed by atoms with Gasteiger partial charge in [-0.3, -0.25) is 14.8 Å². The van der Waals surface area contributed by atoms with E-state index in [1.54, 1.807) is 6.20 Å². The van der Waals surface area contributed by atoms with Crippen molar-refractivity contribution in [1.29, 1.82) is 0 Å². The first kappa shape index (κ1) is 17.6.